The number of fused-ring (bicyclic) bond motifs is 1. The Morgan fingerprint density at radius 3 is 2.46 bits per heavy atom. The van der Waals surface area contributed by atoms with Crippen molar-refractivity contribution in [1.82, 2.24) is 20.0 Å². The third-order valence-electron chi connectivity index (χ3n) is 5.44. The van der Waals surface area contributed by atoms with E-state index in [1.54, 1.807) is 18.5 Å². The molecule has 8 heteroatoms. The Balaban J connectivity index is 1.58. The van der Waals surface area contributed by atoms with Crippen LogP contribution in [0.1, 0.15) is 30.7 Å². The number of amides is 1. The lowest BCUT2D eigenvalue weighted by Crippen LogP contribution is -2.33. The summed E-state index contributed by atoms with van der Waals surface area (Å²) in [5, 5.41) is 18.7. The van der Waals surface area contributed by atoms with E-state index in [1.165, 1.54) is 0 Å². The predicted molar refractivity (Wildman–Crippen MR) is 88.6 cm³/mol. The van der Waals surface area contributed by atoms with E-state index < -0.39 is 4.92 Å². The number of hydrogen-bond donors (Lipinski definition) is 1. The summed E-state index contributed by atoms with van der Waals surface area (Å²) in [5.41, 5.74) is 0.972. The van der Waals surface area contributed by atoms with Gasteiger partial charge >= 0.3 is 5.69 Å². The molecule has 3 heterocycles. The maximum atomic E-state index is 12.5. The van der Waals surface area contributed by atoms with Crippen LogP contribution in [-0.4, -0.2) is 51.7 Å². The first-order chi connectivity index (χ1) is 11.5. The molecule has 0 saturated carbocycles. The van der Waals surface area contributed by atoms with Gasteiger partial charge in [0.15, 0.2) is 0 Å². The quantitative estimate of drug-likeness (QED) is 0.660. The second-order valence-electron chi connectivity index (χ2n) is 6.89. The summed E-state index contributed by atoms with van der Waals surface area (Å²) in [6, 6.07) is 0. The van der Waals surface area contributed by atoms with Crippen LogP contribution >= 0.6 is 0 Å². The second-order valence-corrected chi connectivity index (χ2v) is 6.89. The number of nitrogens with one attached hydrogen (secondary N) is 1. The van der Waals surface area contributed by atoms with E-state index in [0.29, 0.717) is 36.2 Å². The summed E-state index contributed by atoms with van der Waals surface area (Å²) < 4.78 is 1.59. The molecule has 8 nitrogen and oxygen atoms in total. The molecule has 0 aliphatic carbocycles. The van der Waals surface area contributed by atoms with Crippen LogP contribution in [0.4, 0.5) is 5.69 Å². The molecule has 0 unspecified atom stereocenters. The fourth-order valence-electron chi connectivity index (χ4n) is 4.00. The number of nitrogens with zero attached hydrogens (tertiary/aromatic N) is 4. The van der Waals surface area contributed by atoms with Crippen LogP contribution in [0.15, 0.2) is 0 Å². The highest BCUT2D eigenvalue weighted by atomic mass is 16.6. The van der Waals surface area contributed by atoms with Crippen molar-refractivity contribution in [3.63, 3.8) is 0 Å². The van der Waals surface area contributed by atoms with Gasteiger partial charge in [-0.1, -0.05) is 0 Å². The summed E-state index contributed by atoms with van der Waals surface area (Å²) in [6.45, 7) is 7.49. The molecule has 1 aromatic rings. The average Bonchev–Trinajstić information content (AvgIpc) is 3.03. The van der Waals surface area contributed by atoms with Gasteiger partial charge in [-0.25, -0.2) is 0 Å². The third kappa shape index (κ3) is 3.28. The van der Waals surface area contributed by atoms with E-state index in [1.807, 2.05) is 4.90 Å². The molecule has 2 aliphatic rings. The lowest BCUT2D eigenvalue weighted by atomic mass is 9.92. The zero-order chi connectivity index (χ0) is 17.3. The molecular weight excluding hydrogens is 310 g/mol. The molecule has 24 heavy (non-hydrogen) atoms. The van der Waals surface area contributed by atoms with Crippen molar-refractivity contribution in [3.8, 4) is 0 Å². The zero-order valence-corrected chi connectivity index (χ0v) is 14.3. The van der Waals surface area contributed by atoms with E-state index in [0.717, 1.165) is 39.0 Å². The highest BCUT2D eigenvalue weighted by Gasteiger charge is 2.31. The van der Waals surface area contributed by atoms with Crippen molar-refractivity contribution in [2.24, 2.45) is 11.8 Å². The predicted octanol–water partition coefficient (Wildman–Crippen LogP) is 1.26. The van der Waals surface area contributed by atoms with Crippen molar-refractivity contribution in [3.05, 3.63) is 21.5 Å². The molecule has 1 N–H and O–H groups in total. The van der Waals surface area contributed by atoms with E-state index in [9.17, 15) is 14.9 Å². The molecule has 0 bridgehead atoms. The molecule has 2 aliphatic heterocycles. The SMILES string of the molecule is Cc1nn(CCC(=O)N2CC[C@@H]3CNC[C@@H]3CC2)c(C)c1[N+](=O)[O-]. The molecule has 2 saturated heterocycles. The number of aryl methyl sites for hydroxylation is 2. The molecule has 1 amide bonds. The Bertz CT molecular complexity index is 628. The van der Waals surface area contributed by atoms with E-state index >= 15 is 0 Å². The number of nitro groups is 1. The maximum Gasteiger partial charge on any atom is 0.312 e. The topological polar surface area (TPSA) is 93.3 Å². The Morgan fingerprint density at radius 1 is 1.29 bits per heavy atom. The van der Waals surface area contributed by atoms with Crippen molar-refractivity contribution in [2.75, 3.05) is 26.2 Å². The highest BCUT2D eigenvalue weighted by Crippen LogP contribution is 2.27. The number of hydrogen-bond acceptors (Lipinski definition) is 5. The maximum absolute atomic E-state index is 12.5. The third-order valence-corrected chi connectivity index (χ3v) is 5.44. The summed E-state index contributed by atoms with van der Waals surface area (Å²) in [5.74, 6) is 1.51. The first kappa shape index (κ1) is 16.9. The number of aromatic nitrogens is 2. The fraction of sp³-hybridized carbons (Fsp3) is 0.750. The van der Waals surface area contributed by atoms with Crippen LogP contribution in [0, 0.1) is 35.8 Å². The van der Waals surface area contributed by atoms with Gasteiger partial charge in [-0.3, -0.25) is 19.6 Å². The normalized spacial score (nSPS) is 23.8. The van der Waals surface area contributed by atoms with Crippen molar-refractivity contribution >= 4 is 11.6 Å². The Labute approximate surface area is 141 Å². The van der Waals surface area contributed by atoms with Crippen molar-refractivity contribution < 1.29 is 9.72 Å². The lowest BCUT2D eigenvalue weighted by Gasteiger charge is -2.21. The van der Waals surface area contributed by atoms with Gasteiger partial charge in [-0.05, 0) is 51.6 Å². The van der Waals surface area contributed by atoms with Gasteiger partial charge in [0.25, 0.3) is 0 Å². The van der Waals surface area contributed by atoms with Crippen LogP contribution < -0.4 is 5.32 Å². The number of carbonyl (C=O) groups excluding carboxylic acids is 1. The summed E-state index contributed by atoms with van der Waals surface area (Å²) >= 11 is 0. The minimum atomic E-state index is -0.405. The molecule has 3 rings (SSSR count). The molecule has 2 fully saturated rings. The van der Waals surface area contributed by atoms with Crippen molar-refractivity contribution in [1.29, 1.82) is 0 Å². The lowest BCUT2D eigenvalue weighted by molar-refractivity contribution is -0.386. The number of carbonyl (C=O) groups is 1. The largest absolute Gasteiger partial charge is 0.343 e. The molecule has 1 aromatic heterocycles. The van der Waals surface area contributed by atoms with E-state index in [4.69, 9.17) is 0 Å². The fourth-order valence-corrected chi connectivity index (χ4v) is 4.00. The molecular formula is C16H25N5O3. The van der Waals surface area contributed by atoms with E-state index in [2.05, 4.69) is 10.4 Å². The minimum Gasteiger partial charge on any atom is -0.343 e. The highest BCUT2D eigenvalue weighted by molar-refractivity contribution is 5.76. The monoisotopic (exact) mass is 335 g/mol. The van der Waals surface area contributed by atoms with Crippen LogP contribution in [0.2, 0.25) is 0 Å². The summed E-state index contributed by atoms with van der Waals surface area (Å²) in [4.78, 5) is 25.1. The van der Waals surface area contributed by atoms with Crippen LogP contribution in [0.3, 0.4) is 0 Å². The first-order valence-corrected chi connectivity index (χ1v) is 8.64. The molecule has 132 valence electrons. The van der Waals surface area contributed by atoms with Gasteiger partial charge in [0.1, 0.15) is 11.4 Å². The Kier molecular flexibility index (Phi) is 4.84. The molecule has 0 radical (unpaired) electrons. The molecule has 0 spiro atoms. The minimum absolute atomic E-state index is 0.0533. The summed E-state index contributed by atoms with van der Waals surface area (Å²) in [7, 11) is 0. The van der Waals surface area contributed by atoms with Gasteiger partial charge in [-0.15, -0.1) is 0 Å². The average molecular weight is 335 g/mol. The van der Waals surface area contributed by atoms with Gasteiger partial charge in [-0.2, -0.15) is 5.10 Å². The smallest absolute Gasteiger partial charge is 0.312 e. The summed E-state index contributed by atoms with van der Waals surface area (Å²) in [6.07, 6.45) is 2.47. The Hall–Kier alpha value is -1.96. The van der Waals surface area contributed by atoms with Crippen LogP contribution in [0.5, 0.6) is 0 Å². The van der Waals surface area contributed by atoms with Gasteiger partial charge in [0.2, 0.25) is 5.91 Å². The molecule has 2 atom stereocenters. The first-order valence-electron chi connectivity index (χ1n) is 8.64. The van der Waals surface area contributed by atoms with Gasteiger partial charge < -0.3 is 10.2 Å². The van der Waals surface area contributed by atoms with Gasteiger partial charge in [0.05, 0.1) is 11.5 Å². The second kappa shape index (κ2) is 6.88. The standard InChI is InChI=1S/C16H25N5O3/c1-11-16(21(23)24)12(2)20(18-11)8-5-15(22)19-6-3-13-9-17-10-14(13)4-7-19/h13-14,17H,3-10H2,1-2H3/t13-,14+. The number of rotatable bonds is 4. The van der Waals surface area contributed by atoms with Crippen LogP contribution in [0.25, 0.3) is 0 Å². The Morgan fingerprint density at radius 2 is 1.92 bits per heavy atom. The van der Waals surface area contributed by atoms with Gasteiger partial charge in [0, 0.05) is 19.5 Å². The van der Waals surface area contributed by atoms with Crippen LogP contribution in [-0.2, 0) is 11.3 Å². The number of likely N-dealkylation sites (tertiary alicyclic amines) is 1. The van der Waals surface area contributed by atoms with Crippen molar-refractivity contribution in [2.45, 2.75) is 39.7 Å². The van der Waals surface area contributed by atoms with E-state index in [-0.39, 0.29) is 11.6 Å². The zero-order valence-electron chi connectivity index (χ0n) is 14.3. The molecule has 0 aromatic carbocycles.